The van der Waals surface area contributed by atoms with E-state index >= 15 is 0 Å². The fourth-order valence-corrected chi connectivity index (χ4v) is 3.93. The van der Waals surface area contributed by atoms with E-state index in [1.165, 1.54) is 6.42 Å². The normalized spacial score (nSPS) is 22.6. The molecule has 1 unspecified atom stereocenters. The molecule has 0 radical (unpaired) electrons. The zero-order valence-corrected chi connectivity index (χ0v) is 15.4. The zero-order chi connectivity index (χ0) is 16.9. The maximum absolute atomic E-state index is 13.0. The molecule has 1 aromatic rings. The van der Waals surface area contributed by atoms with Crippen LogP contribution in [0, 0.1) is 0 Å². The Bertz CT molecular complexity index is 576. The van der Waals surface area contributed by atoms with Crippen LogP contribution in [-0.2, 0) is 4.74 Å². The molecule has 0 aliphatic carbocycles. The average Bonchev–Trinajstić information content (AvgIpc) is 2.63. The lowest BCUT2D eigenvalue weighted by atomic mass is 9.97. The topological polar surface area (TPSA) is 32.8 Å². The summed E-state index contributed by atoms with van der Waals surface area (Å²) in [6.45, 7) is 5.41. The first-order valence-electron chi connectivity index (χ1n) is 8.72. The first-order chi connectivity index (χ1) is 11.7. The van der Waals surface area contributed by atoms with Crippen molar-refractivity contribution in [2.75, 3.05) is 39.4 Å². The minimum Gasteiger partial charge on any atom is -0.379 e. The van der Waals surface area contributed by atoms with Gasteiger partial charge in [0.25, 0.3) is 5.91 Å². The molecule has 1 amide bonds. The van der Waals surface area contributed by atoms with Gasteiger partial charge in [-0.3, -0.25) is 9.69 Å². The lowest BCUT2D eigenvalue weighted by Crippen LogP contribution is -2.46. The number of likely N-dealkylation sites (tertiary alicyclic amines) is 1. The van der Waals surface area contributed by atoms with Gasteiger partial charge in [-0.05, 0) is 37.8 Å². The van der Waals surface area contributed by atoms with Crippen molar-refractivity contribution in [2.45, 2.75) is 31.7 Å². The molecule has 0 spiro atoms. The molecule has 0 bridgehead atoms. The minimum absolute atomic E-state index is 0.00850. The van der Waals surface area contributed by atoms with Gasteiger partial charge >= 0.3 is 0 Å². The van der Waals surface area contributed by atoms with Gasteiger partial charge in [0, 0.05) is 32.2 Å². The van der Waals surface area contributed by atoms with Crippen molar-refractivity contribution >= 4 is 29.1 Å². The Kier molecular flexibility index (Phi) is 6.39. The van der Waals surface area contributed by atoms with Crippen LogP contribution in [0.5, 0.6) is 0 Å². The van der Waals surface area contributed by atoms with Crippen LogP contribution < -0.4 is 0 Å². The summed E-state index contributed by atoms with van der Waals surface area (Å²) in [5, 5.41) is 0.797. The van der Waals surface area contributed by atoms with Gasteiger partial charge in [0.2, 0.25) is 0 Å². The molecule has 0 N–H and O–H groups in total. The number of ether oxygens (including phenoxy) is 1. The number of piperidine rings is 1. The van der Waals surface area contributed by atoms with Crippen molar-refractivity contribution in [1.82, 2.24) is 9.80 Å². The van der Waals surface area contributed by atoms with E-state index in [0.717, 1.165) is 58.7 Å². The van der Waals surface area contributed by atoms with E-state index in [0.29, 0.717) is 15.6 Å². The summed E-state index contributed by atoms with van der Waals surface area (Å²) in [6.07, 6.45) is 4.30. The number of nitrogens with zero attached hydrogens (tertiary/aromatic N) is 2. The number of benzene rings is 1. The summed E-state index contributed by atoms with van der Waals surface area (Å²) in [7, 11) is 0. The summed E-state index contributed by atoms with van der Waals surface area (Å²) < 4.78 is 5.40. The zero-order valence-electron chi connectivity index (χ0n) is 13.8. The molecule has 2 fully saturated rings. The van der Waals surface area contributed by atoms with Crippen molar-refractivity contribution in [2.24, 2.45) is 0 Å². The predicted molar refractivity (Wildman–Crippen MR) is 97.0 cm³/mol. The van der Waals surface area contributed by atoms with Crippen LogP contribution >= 0.6 is 23.2 Å². The first-order valence-corrected chi connectivity index (χ1v) is 9.47. The molecule has 3 rings (SSSR count). The summed E-state index contributed by atoms with van der Waals surface area (Å²) in [6, 6.07) is 5.55. The summed E-state index contributed by atoms with van der Waals surface area (Å²) in [4.78, 5) is 17.4. The molecule has 0 aromatic heterocycles. The van der Waals surface area contributed by atoms with Crippen LogP contribution in [0.3, 0.4) is 0 Å². The SMILES string of the molecule is O=C(c1cccc(Cl)c1Cl)N1CCCCC1CCN1CCOCC1. The highest BCUT2D eigenvalue weighted by molar-refractivity contribution is 6.43. The average molecular weight is 371 g/mol. The molecule has 1 atom stereocenters. The molecule has 4 nitrogen and oxygen atoms in total. The van der Waals surface area contributed by atoms with Crippen LogP contribution in [0.4, 0.5) is 0 Å². The molecule has 2 aliphatic rings. The maximum Gasteiger partial charge on any atom is 0.255 e. The van der Waals surface area contributed by atoms with Gasteiger partial charge in [0.15, 0.2) is 0 Å². The smallest absolute Gasteiger partial charge is 0.255 e. The van der Waals surface area contributed by atoms with E-state index in [2.05, 4.69) is 4.90 Å². The van der Waals surface area contributed by atoms with E-state index in [4.69, 9.17) is 27.9 Å². The third-order valence-electron chi connectivity index (χ3n) is 4.95. The Labute approximate surface area is 153 Å². The van der Waals surface area contributed by atoms with Crippen molar-refractivity contribution in [3.8, 4) is 0 Å². The van der Waals surface area contributed by atoms with Crippen LogP contribution in [0.25, 0.3) is 0 Å². The Morgan fingerprint density at radius 2 is 1.96 bits per heavy atom. The number of rotatable bonds is 4. The number of morpholine rings is 1. The minimum atomic E-state index is 0.00850. The van der Waals surface area contributed by atoms with Crippen LogP contribution in [0.1, 0.15) is 36.0 Å². The third kappa shape index (κ3) is 4.23. The summed E-state index contributed by atoms with van der Waals surface area (Å²) in [5.74, 6) is 0.00850. The van der Waals surface area contributed by atoms with E-state index in [-0.39, 0.29) is 11.9 Å². The van der Waals surface area contributed by atoms with Gasteiger partial charge in [-0.25, -0.2) is 0 Å². The number of amides is 1. The maximum atomic E-state index is 13.0. The highest BCUT2D eigenvalue weighted by atomic mass is 35.5. The molecule has 6 heteroatoms. The number of hydrogen-bond donors (Lipinski definition) is 0. The van der Waals surface area contributed by atoms with Crippen LogP contribution in [0.2, 0.25) is 10.0 Å². The van der Waals surface area contributed by atoms with Gasteiger partial charge in [-0.2, -0.15) is 0 Å². The third-order valence-corrected chi connectivity index (χ3v) is 5.77. The second-order valence-electron chi connectivity index (χ2n) is 6.49. The summed E-state index contributed by atoms with van der Waals surface area (Å²) in [5.41, 5.74) is 0.516. The van der Waals surface area contributed by atoms with Crippen LogP contribution in [-0.4, -0.2) is 61.1 Å². The molecular formula is C18H24Cl2N2O2. The van der Waals surface area contributed by atoms with E-state index in [1.54, 1.807) is 18.2 Å². The first kappa shape index (κ1) is 18.0. The number of hydrogen-bond acceptors (Lipinski definition) is 3. The van der Waals surface area contributed by atoms with Gasteiger partial charge in [0.05, 0.1) is 28.8 Å². The van der Waals surface area contributed by atoms with Gasteiger partial charge < -0.3 is 9.64 Å². The standard InChI is InChI=1S/C18H24Cl2N2O2/c19-16-6-3-5-15(17(16)20)18(23)22-8-2-1-4-14(22)7-9-21-10-12-24-13-11-21/h3,5-6,14H,1-2,4,7-13H2. The molecular weight excluding hydrogens is 347 g/mol. The van der Waals surface area contributed by atoms with Crippen LogP contribution in [0.15, 0.2) is 18.2 Å². The second-order valence-corrected chi connectivity index (χ2v) is 7.28. The highest BCUT2D eigenvalue weighted by Gasteiger charge is 2.29. The molecule has 2 heterocycles. The Balaban J connectivity index is 1.67. The van der Waals surface area contributed by atoms with E-state index < -0.39 is 0 Å². The molecule has 2 aliphatic heterocycles. The molecule has 0 saturated carbocycles. The van der Waals surface area contributed by atoms with Crippen molar-refractivity contribution in [3.05, 3.63) is 33.8 Å². The molecule has 2 saturated heterocycles. The predicted octanol–water partition coefficient (Wildman–Crippen LogP) is 3.71. The van der Waals surface area contributed by atoms with E-state index in [9.17, 15) is 4.79 Å². The second kappa shape index (κ2) is 8.52. The van der Waals surface area contributed by atoms with Crippen molar-refractivity contribution < 1.29 is 9.53 Å². The lowest BCUT2D eigenvalue weighted by molar-refractivity contribution is 0.0296. The number of carbonyl (C=O) groups excluding carboxylic acids is 1. The van der Waals surface area contributed by atoms with Gasteiger partial charge in [0.1, 0.15) is 0 Å². The number of halogens is 2. The van der Waals surface area contributed by atoms with E-state index in [1.807, 2.05) is 4.90 Å². The Hall–Kier alpha value is -0.810. The van der Waals surface area contributed by atoms with Gasteiger partial charge in [-0.15, -0.1) is 0 Å². The Morgan fingerprint density at radius 1 is 1.17 bits per heavy atom. The lowest BCUT2D eigenvalue weighted by Gasteiger charge is -2.37. The fraction of sp³-hybridized carbons (Fsp3) is 0.611. The monoisotopic (exact) mass is 370 g/mol. The molecule has 132 valence electrons. The largest absolute Gasteiger partial charge is 0.379 e. The van der Waals surface area contributed by atoms with Gasteiger partial charge in [-0.1, -0.05) is 29.3 Å². The fourth-order valence-electron chi connectivity index (χ4n) is 3.55. The Morgan fingerprint density at radius 3 is 2.75 bits per heavy atom. The number of carbonyl (C=O) groups is 1. The quantitative estimate of drug-likeness (QED) is 0.809. The molecule has 1 aromatic carbocycles. The van der Waals surface area contributed by atoms with Crippen molar-refractivity contribution in [3.63, 3.8) is 0 Å². The molecule has 24 heavy (non-hydrogen) atoms. The highest BCUT2D eigenvalue weighted by Crippen LogP contribution is 2.29. The summed E-state index contributed by atoms with van der Waals surface area (Å²) >= 11 is 12.3. The van der Waals surface area contributed by atoms with Crippen molar-refractivity contribution in [1.29, 1.82) is 0 Å².